The third kappa shape index (κ3) is 13.0. The zero-order chi connectivity index (χ0) is 23.9. The third-order valence-corrected chi connectivity index (χ3v) is 11.3. The van der Waals surface area contributed by atoms with E-state index in [-0.39, 0.29) is 43.3 Å². The maximum Gasteiger partial charge on any atom is 0.307 e. The number of ether oxygens (including phenoxy) is 2. The Bertz CT molecular complexity index is 597. The Hall–Kier alpha value is -0.0300. The summed E-state index contributed by atoms with van der Waals surface area (Å²) in [5, 5.41) is 0.737. The summed E-state index contributed by atoms with van der Waals surface area (Å²) in [6, 6.07) is 0.502. The van der Waals surface area contributed by atoms with Crippen LogP contribution in [0, 0.1) is 5.92 Å². The summed E-state index contributed by atoms with van der Waals surface area (Å²) in [7, 11) is 9.71. The lowest BCUT2D eigenvalue weighted by atomic mass is 10.00. The van der Waals surface area contributed by atoms with Gasteiger partial charge in [-0.25, -0.2) is 0 Å². The molecule has 2 saturated heterocycles. The highest BCUT2D eigenvalue weighted by atomic mass is 33.1. The molecule has 0 spiro atoms. The second-order valence-electron chi connectivity index (χ2n) is 8.75. The molecule has 0 bridgehead atoms. The van der Waals surface area contributed by atoms with Crippen molar-refractivity contribution < 1.29 is 23.9 Å². The molecule has 2 rings (SSSR count). The van der Waals surface area contributed by atoms with Crippen LogP contribution >= 0.6 is 43.2 Å². The van der Waals surface area contributed by atoms with E-state index in [9.17, 15) is 14.4 Å². The maximum atomic E-state index is 12.5. The average Bonchev–Trinajstić information content (AvgIpc) is 3.51. The Balaban J connectivity index is 1.69. The summed E-state index contributed by atoms with van der Waals surface area (Å²) >= 11 is 0. The summed E-state index contributed by atoms with van der Waals surface area (Å²) < 4.78 is 10.8. The fraction of sp³-hybridized carbons (Fsp3) is 0.870. The van der Waals surface area contributed by atoms with Crippen molar-refractivity contribution in [1.82, 2.24) is 4.90 Å². The van der Waals surface area contributed by atoms with E-state index in [1.165, 1.54) is 18.6 Å². The minimum atomic E-state index is -0.274. The highest BCUT2D eigenvalue weighted by Gasteiger charge is 2.23. The van der Waals surface area contributed by atoms with Gasteiger partial charge in [0.05, 0.1) is 19.6 Å². The van der Waals surface area contributed by atoms with Gasteiger partial charge in [-0.1, -0.05) is 56.5 Å². The van der Waals surface area contributed by atoms with Gasteiger partial charge in [0.1, 0.15) is 5.78 Å². The molecule has 33 heavy (non-hydrogen) atoms. The zero-order valence-corrected chi connectivity index (χ0v) is 23.2. The number of nitrogens with zero attached hydrogens (tertiary/aromatic N) is 1. The minimum absolute atomic E-state index is 0.124. The normalized spacial score (nSPS) is 19.7. The van der Waals surface area contributed by atoms with E-state index >= 15 is 0 Å². The predicted molar refractivity (Wildman–Crippen MR) is 143 cm³/mol. The number of unbranched alkanes of at least 4 members (excludes halogenated alkanes) is 1. The van der Waals surface area contributed by atoms with Crippen LogP contribution in [0.5, 0.6) is 0 Å². The molecular formula is C23H39NO5S4. The van der Waals surface area contributed by atoms with E-state index in [1.807, 2.05) is 57.1 Å². The van der Waals surface area contributed by atoms with Crippen LogP contribution in [0.25, 0.3) is 0 Å². The van der Waals surface area contributed by atoms with Gasteiger partial charge in [0, 0.05) is 60.3 Å². The van der Waals surface area contributed by atoms with Crippen molar-refractivity contribution in [1.29, 1.82) is 0 Å². The van der Waals surface area contributed by atoms with Gasteiger partial charge in [-0.15, -0.1) is 0 Å². The van der Waals surface area contributed by atoms with Crippen LogP contribution in [0.3, 0.4) is 0 Å². The van der Waals surface area contributed by atoms with Crippen LogP contribution in [-0.2, 0) is 23.9 Å². The molecule has 0 aromatic carbocycles. The maximum absolute atomic E-state index is 12.5. The molecule has 0 aromatic rings. The Morgan fingerprint density at radius 1 is 0.970 bits per heavy atom. The quantitative estimate of drug-likeness (QED) is 0.140. The third-order valence-electron chi connectivity index (χ3n) is 5.79. The number of carbonyl (C=O) groups excluding carboxylic acids is 3. The fourth-order valence-corrected chi connectivity index (χ4v) is 9.57. The summed E-state index contributed by atoms with van der Waals surface area (Å²) in [4.78, 5) is 38.8. The highest BCUT2D eigenvalue weighted by Crippen LogP contribution is 2.40. The smallest absolute Gasteiger partial charge is 0.307 e. The molecular weight excluding hydrogens is 499 g/mol. The Kier molecular flexibility index (Phi) is 15.4. The number of Topliss-reactive ketones (excluding diaryl/α,β-unsaturated/α-hetero) is 1. The van der Waals surface area contributed by atoms with Crippen molar-refractivity contribution >= 4 is 60.9 Å². The number of carbonyl (C=O) groups is 3. The zero-order valence-electron chi connectivity index (χ0n) is 20.0. The second-order valence-corrected chi connectivity index (χ2v) is 14.1. The van der Waals surface area contributed by atoms with Crippen LogP contribution in [0.2, 0.25) is 0 Å². The Labute approximate surface area is 215 Å². The van der Waals surface area contributed by atoms with Crippen LogP contribution in [0.1, 0.15) is 64.7 Å². The topological polar surface area (TPSA) is 72.9 Å². The summed E-state index contributed by atoms with van der Waals surface area (Å²) in [6.45, 7) is 2.84. The molecule has 2 aliphatic heterocycles. The fourth-order valence-electron chi connectivity index (χ4n) is 3.62. The summed E-state index contributed by atoms with van der Waals surface area (Å²) in [5.74, 6) is 2.77. The van der Waals surface area contributed by atoms with Crippen molar-refractivity contribution in [2.45, 2.75) is 76.0 Å². The van der Waals surface area contributed by atoms with E-state index in [1.54, 1.807) is 0 Å². The number of hydrogen-bond donors (Lipinski definition) is 0. The largest absolute Gasteiger partial charge is 0.465 e. The van der Waals surface area contributed by atoms with E-state index < -0.39 is 0 Å². The van der Waals surface area contributed by atoms with Crippen molar-refractivity contribution in [3.8, 4) is 0 Å². The van der Waals surface area contributed by atoms with Crippen LogP contribution < -0.4 is 0 Å². The van der Waals surface area contributed by atoms with Crippen molar-refractivity contribution in [2.75, 3.05) is 44.1 Å². The number of ketones is 1. The molecule has 10 heteroatoms. The van der Waals surface area contributed by atoms with Crippen LogP contribution in [-0.4, -0.2) is 78.0 Å². The standard InChI is InChI=1S/C23H39NO5S4/c1-3-6-22(26)28-14-18(13-20(25)7-4-5-8-21-10-12-30-33-21)15-29-23(27)9-11-24(2)19-16-31-32-17-19/h18-19,21H,3-17H2,1-2H3. The van der Waals surface area contributed by atoms with Crippen molar-refractivity contribution in [2.24, 2.45) is 5.92 Å². The van der Waals surface area contributed by atoms with Gasteiger partial charge in [0.2, 0.25) is 0 Å². The second kappa shape index (κ2) is 17.4. The molecule has 190 valence electrons. The lowest BCUT2D eigenvalue weighted by Crippen LogP contribution is -2.35. The van der Waals surface area contributed by atoms with Gasteiger partial charge >= 0.3 is 11.9 Å². The van der Waals surface area contributed by atoms with E-state index in [0.29, 0.717) is 31.8 Å². The van der Waals surface area contributed by atoms with Gasteiger partial charge < -0.3 is 14.4 Å². The lowest BCUT2D eigenvalue weighted by Gasteiger charge is -2.22. The monoisotopic (exact) mass is 537 g/mol. The highest BCUT2D eigenvalue weighted by molar-refractivity contribution is 8.77. The van der Waals surface area contributed by atoms with E-state index in [0.717, 1.165) is 36.0 Å². The van der Waals surface area contributed by atoms with Gasteiger partial charge in [0.25, 0.3) is 0 Å². The van der Waals surface area contributed by atoms with Crippen LogP contribution in [0.4, 0.5) is 0 Å². The molecule has 2 atom stereocenters. The molecule has 2 aliphatic rings. The number of rotatable bonds is 17. The van der Waals surface area contributed by atoms with Gasteiger partial charge in [0.15, 0.2) is 0 Å². The molecule has 0 saturated carbocycles. The molecule has 0 aromatic heterocycles. The first-order chi connectivity index (χ1) is 16.0. The molecule has 0 radical (unpaired) electrons. The predicted octanol–water partition coefficient (Wildman–Crippen LogP) is 5.25. The number of esters is 2. The average molecular weight is 538 g/mol. The minimum Gasteiger partial charge on any atom is -0.465 e. The van der Waals surface area contributed by atoms with Gasteiger partial charge in [-0.3, -0.25) is 14.4 Å². The lowest BCUT2D eigenvalue weighted by molar-refractivity contribution is -0.150. The SMILES string of the molecule is CCCC(=O)OCC(COC(=O)CCN(C)C1CSSC1)CC(=O)CCCCC1CCSS1. The Morgan fingerprint density at radius 3 is 2.30 bits per heavy atom. The first kappa shape index (κ1) is 29.2. The Morgan fingerprint density at radius 2 is 1.67 bits per heavy atom. The van der Waals surface area contributed by atoms with Crippen LogP contribution in [0.15, 0.2) is 0 Å². The first-order valence-corrected chi connectivity index (χ1v) is 16.9. The molecule has 0 amide bonds. The van der Waals surface area contributed by atoms with Gasteiger partial charge in [-0.2, -0.15) is 0 Å². The molecule has 6 nitrogen and oxygen atoms in total. The molecule has 2 unspecified atom stereocenters. The van der Waals surface area contributed by atoms with E-state index in [4.69, 9.17) is 9.47 Å². The van der Waals surface area contributed by atoms with Crippen molar-refractivity contribution in [3.05, 3.63) is 0 Å². The van der Waals surface area contributed by atoms with Crippen molar-refractivity contribution in [3.63, 3.8) is 0 Å². The first-order valence-electron chi connectivity index (χ1n) is 12.0. The molecule has 0 aliphatic carbocycles. The molecule has 2 fully saturated rings. The van der Waals surface area contributed by atoms with Gasteiger partial charge in [-0.05, 0) is 32.7 Å². The summed E-state index contributed by atoms with van der Waals surface area (Å²) in [6.07, 6.45) is 6.66. The molecule has 0 N–H and O–H groups in total. The summed E-state index contributed by atoms with van der Waals surface area (Å²) in [5.41, 5.74) is 0. The number of hydrogen-bond acceptors (Lipinski definition) is 10. The molecule has 2 heterocycles. The van der Waals surface area contributed by atoms with E-state index in [2.05, 4.69) is 4.90 Å².